The van der Waals surface area contributed by atoms with Gasteiger partial charge in [-0.3, -0.25) is 0 Å². The molecule has 8 heteroatoms. The lowest BCUT2D eigenvalue weighted by atomic mass is 10.6. The molecule has 0 unspecified atom stereocenters. The molecule has 0 heterocycles. The van der Waals surface area contributed by atoms with Gasteiger partial charge in [0.2, 0.25) is 0 Å². The second kappa shape index (κ2) is 5.83. The Morgan fingerprint density at radius 2 is 1.46 bits per heavy atom. The van der Waals surface area contributed by atoms with Gasteiger partial charge in [-0.2, -0.15) is 22.0 Å². The Balaban J connectivity index is 3.83. The third kappa shape index (κ3) is 5.49. The Bertz CT molecular complexity index is 207. The molecule has 0 fully saturated rings. The summed E-state index contributed by atoms with van der Waals surface area (Å²) in [5.74, 6) is -0.751. The highest BCUT2D eigenvalue weighted by molar-refractivity contribution is 6.19. The molecule has 0 aromatic carbocycles. The van der Waals surface area contributed by atoms with E-state index in [1.165, 1.54) is 0 Å². The first-order valence-electron chi connectivity index (χ1n) is 2.93. The second-order valence-electron chi connectivity index (χ2n) is 1.76. The molecule has 0 aliphatic heterocycles. The minimum atomic E-state index is -2.64. The van der Waals surface area contributed by atoms with E-state index in [4.69, 9.17) is 0 Å². The molecule has 0 rings (SSSR count). The van der Waals surface area contributed by atoms with Gasteiger partial charge >= 0.3 is 34.1 Å². The first kappa shape index (κ1) is 12.3. The molecule has 2 nitrogen and oxygen atoms in total. The maximum Gasteiger partial charge on any atom is 0.834 e. The molecular weight excluding hydrogens is 214 g/mol. The summed E-state index contributed by atoms with van der Waals surface area (Å²) < 4.78 is 65.5. The molecule has 0 spiro atoms. The molecule has 0 N–H and O–H groups in total. The molecule has 0 bridgehead atoms. The van der Waals surface area contributed by atoms with Crippen LogP contribution in [-0.4, -0.2) is 15.9 Å². The number of rotatable bonds is 4. The zero-order chi connectivity index (χ0) is 10.4. The second-order valence-corrected chi connectivity index (χ2v) is 2.57. The number of halogens is 5. The van der Waals surface area contributed by atoms with Crippen LogP contribution in [0.25, 0.3) is 0 Å². The predicted octanol–water partition coefficient (Wildman–Crippen LogP) is 2.45. The van der Waals surface area contributed by atoms with E-state index in [1.807, 2.05) is 0 Å². The molecule has 0 atom stereocenters. The van der Waals surface area contributed by atoms with Crippen molar-refractivity contribution in [3.8, 4) is 0 Å². The Kier molecular flexibility index (Phi) is 5.50. The largest absolute Gasteiger partial charge is 0.834 e. The van der Waals surface area contributed by atoms with Crippen molar-refractivity contribution in [2.45, 2.75) is 6.92 Å². The minimum Gasteiger partial charge on any atom is -0.614 e. The van der Waals surface area contributed by atoms with E-state index in [2.05, 4.69) is 7.58 Å². The third-order valence-corrected chi connectivity index (χ3v) is 1.80. The van der Waals surface area contributed by atoms with Crippen molar-refractivity contribution in [2.75, 3.05) is 0 Å². The van der Waals surface area contributed by atoms with Crippen LogP contribution >= 0.6 is 0 Å². The quantitative estimate of drug-likeness (QED) is 0.410. The zero-order valence-electron chi connectivity index (χ0n) is 6.41. The van der Waals surface area contributed by atoms with Crippen molar-refractivity contribution in [2.24, 2.45) is 0 Å². The van der Waals surface area contributed by atoms with Crippen molar-refractivity contribution in [3.05, 3.63) is 23.9 Å². The Morgan fingerprint density at radius 1 is 0.923 bits per heavy atom. The van der Waals surface area contributed by atoms with E-state index >= 15 is 0 Å². The summed E-state index contributed by atoms with van der Waals surface area (Å²) in [4.78, 5) is 0. The summed E-state index contributed by atoms with van der Waals surface area (Å²) in [5.41, 5.74) is 0. The van der Waals surface area contributed by atoms with Crippen molar-refractivity contribution >= 4 is 15.9 Å². The maximum atomic E-state index is 11.8. The number of allylic oxidation sites excluding steroid dienone is 1. The van der Waals surface area contributed by atoms with Crippen molar-refractivity contribution in [1.29, 1.82) is 0 Å². The number of hydrogen-bond acceptors (Lipinski definition) is 2. The van der Waals surface area contributed by atoms with E-state index in [0.717, 1.165) is 6.92 Å². The highest BCUT2D eigenvalue weighted by Gasteiger charge is 2.12. The topological polar surface area (TPSA) is 18.5 Å². The molecule has 0 saturated carbocycles. The van der Waals surface area contributed by atoms with Crippen LogP contribution < -0.4 is 0 Å². The monoisotopic (exact) mass is 218 g/mol. The van der Waals surface area contributed by atoms with Crippen molar-refractivity contribution in [3.63, 3.8) is 0 Å². The zero-order valence-corrected chi connectivity index (χ0v) is 7.83. The fraction of sp³-hybridized carbons (Fsp3) is 0.200. The van der Waals surface area contributed by atoms with E-state index in [-0.39, 0.29) is 0 Å². The van der Waals surface area contributed by atoms with Crippen LogP contribution in [0.3, 0.4) is 0 Å². The van der Waals surface area contributed by atoms with Gasteiger partial charge in [-0.1, -0.05) is 0 Å². The molecule has 0 aromatic heterocycles. The van der Waals surface area contributed by atoms with Gasteiger partial charge in [0.1, 0.15) is 5.76 Å². The van der Waals surface area contributed by atoms with Gasteiger partial charge in [-0.25, -0.2) is 0 Å². The Labute approximate surface area is 77.0 Å². The van der Waals surface area contributed by atoms with Gasteiger partial charge in [0, 0.05) is 0 Å². The maximum absolute atomic E-state index is 11.8. The van der Waals surface area contributed by atoms with Crippen molar-refractivity contribution < 1.29 is 29.5 Å². The lowest BCUT2D eigenvalue weighted by Crippen LogP contribution is -2.02. The van der Waals surface area contributed by atoms with E-state index in [9.17, 15) is 22.0 Å². The molecule has 0 aliphatic rings. The van der Waals surface area contributed by atoms with E-state index < -0.39 is 39.8 Å². The first-order chi connectivity index (χ1) is 5.95. The lowest BCUT2D eigenvalue weighted by molar-refractivity contribution is 0.210. The molecule has 74 valence electrons. The van der Waals surface area contributed by atoms with E-state index in [1.54, 1.807) is 0 Å². The summed E-state index contributed by atoms with van der Waals surface area (Å²) in [5, 5.41) is 0. The van der Waals surface area contributed by atoms with Crippen molar-refractivity contribution in [1.82, 2.24) is 0 Å². The fourth-order valence-corrected chi connectivity index (χ4v) is 0.836. The van der Waals surface area contributed by atoms with Crippen LogP contribution in [0.2, 0.25) is 0 Å². The van der Waals surface area contributed by atoms with Crippen LogP contribution in [0, 0.1) is 0 Å². The first-order valence-corrected chi connectivity index (χ1v) is 4.09. The minimum absolute atomic E-state index is 0.751. The molecule has 0 aromatic rings. The van der Waals surface area contributed by atoms with Crippen LogP contribution in [0.15, 0.2) is 23.9 Å². The van der Waals surface area contributed by atoms with Crippen LogP contribution in [-0.2, 0) is 7.58 Å². The van der Waals surface area contributed by atoms with Gasteiger partial charge in [0.15, 0.2) is 0 Å². The SMILES string of the molecule is CC([O][AlH][O]C(F)=C(F)F)=C(F)F. The van der Waals surface area contributed by atoms with Crippen LogP contribution in [0.4, 0.5) is 22.0 Å². The number of hydrogen-bond donors (Lipinski definition) is 0. The summed E-state index contributed by atoms with van der Waals surface area (Å²) in [6.07, 6.45) is -4.74. The average molecular weight is 218 g/mol. The molecule has 0 radical (unpaired) electrons. The standard InChI is InChI=1S/C3H4F2O.C2HF3O.Al.H/c1-2(6)3(4)5;3-1(4)2(5)6;;/h6H,1H3;6H;;/q;;+2;/p-2. The van der Waals surface area contributed by atoms with Gasteiger partial charge in [0.25, 0.3) is 0 Å². The highest BCUT2D eigenvalue weighted by Crippen LogP contribution is 2.11. The molecule has 13 heavy (non-hydrogen) atoms. The summed E-state index contributed by atoms with van der Waals surface area (Å²) in [7, 11) is 0. The van der Waals surface area contributed by atoms with Gasteiger partial charge < -0.3 is 7.58 Å². The Morgan fingerprint density at radius 3 is 1.85 bits per heavy atom. The fourth-order valence-electron chi connectivity index (χ4n) is 0.279. The van der Waals surface area contributed by atoms with Gasteiger partial charge in [0.05, 0.1) is 0 Å². The summed E-state index contributed by atoms with van der Waals surface area (Å²) in [6, 6.07) is -2.08. The molecule has 0 saturated heterocycles. The van der Waals surface area contributed by atoms with Gasteiger partial charge in [-0.15, -0.1) is 0 Å². The predicted molar refractivity (Wildman–Crippen MR) is 34.6 cm³/mol. The average Bonchev–Trinajstić information content (AvgIpc) is 2.03. The van der Waals surface area contributed by atoms with Gasteiger partial charge in [-0.05, 0) is 6.92 Å². The normalized spacial score (nSPS) is 8.77. The highest BCUT2D eigenvalue weighted by atomic mass is 27.2. The smallest absolute Gasteiger partial charge is 0.614 e. The van der Waals surface area contributed by atoms with E-state index in [0.29, 0.717) is 0 Å². The van der Waals surface area contributed by atoms with Crippen LogP contribution in [0.5, 0.6) is 0 Å². The molecular formula is C5H4AlF5O2. The van der Waals surface area contributed by atoms with Crippen LogP contribution in [0.1, 0.15) is 6.92 Å². The summed E-state index contributed by atoms with van der Waals surface area (Å²) >= 11 is -2.22. The molecule has 0 amide bonds. The lowest BCUT2D eigenvalue weighted by Gasteiger charge is -2.04. The Hall–Kier alpha value is -0.738. The third-order valence-electron chi connectivity index (χ3n) is 0.876. The molecule has 0 aliphatic carbocycles. The summed E-state index contributed by atoms with van der Waals surface area (Å²) in [6.45, 7) is 0.916.